The minimum absolute atomic E-state index is 0.229. The van der Waals surface area contributed by atoms with Gasteiger partial charge in [0.15, 0.2) is 5.41 Å². The fraction of sp³-hybridized carbons (Fsp3) is 0.280. The van der Waals surface area contributed by atoms with Gasteiger partial charge in [0.05, 0.1) is 37.8 Å². The monoisotopic (exact) mass is 448 g/mol. The third-order valence-electron chi connectivity index (χ3n) is 6.01. The molecule has 0 amide bonds. The number of carbonyl (C=O) groups excluding carboxylic acids is 2. The lowest BCUT2D eigenvalue weighted by Crippen LogP contribution is -2.47. The quantitative estimate of drug-likeness (QED) is 0.706. The van der Waals surface area contributed by atoms with Gasteiger partial charge in [-0.2, -0.15) is 10.5 Å². The normalized spacial score (nSPS) is 21.5. The smallest absolute Gasteiger partial charge is 0.337 e. The Kier molecular flexibility index (Phi) is 6.50. The van der Waals surface area contributed by atoms with Crippen molar-refractivity contribution < 1.29 is 28.6 Å². The minimum Gasteiger partial charge on any atom is -0.511 e. The maximum absolute atomic E-state index is 13.7. The third-order valence-corrected chi connectivity index (χ3v) is 6.01. The largest absolute Gasteiger partial charge is 0.511 e. The molecule has 0 spiro atoms. The number of nitrogens with zero attached hydrogens (tertiary/aromatic N) is 2. The second kappa shape index (κ2) is 9.13. The van der Waals surface area contributed by atoms with Crippen LogP contribution in [0, 0.1) is 46.7 Å². The Morgan fingerprint density at radius 1 is 0.970 bits per heavy atom. The predicted molar refractivity (Wildman–Crippen MR) is 114 cm³/mol. The summed E-state index contributed by atoms with van der Waals surface area (Å²) in [6.45, 7) is 1.85. The van der Waals surface area contributed by atoms with Crippen molar-refractivity contribution in [3.8, 4) is 12.1 Å². The number of aryl methyl sites for hydroxylation is 1. The molecular weight excluding hydrogens is 427 g/mol. The van der Waals surface area contributed by atoms with Crippen molar-refractivity contribution >= 4 is 11.9 Å². The molecule has 2 aromatic rings. The van der Waals surface area contributed by atoms with E-state index in [4.69, 9.17) is 9.47 Å². The van der Waals surface area contributed by atoms with Gasteiger partial charge in [-0.1, -0.05) is 42.0 Å². The first-order valence-electron chi connectivity index (χ1n) is 9.99. The number of methoxy groups -OCH3 is 2. The first-order chi connectivity index (χ1) is 15.7. The Bertz CT molecular complexity index is 1180. The molecule has 0 bridgehead atoms. The van der Waals surface area contributed by atoms with Crippen LogP contribution in [0.4, 0.5) is 4.39 Å². The first-order valence-corrected chi connectivity index (χ1v) is 9.99. The fourth-order valence-corrected chi connectivity index (χ4v) is 4.46. The summed E-state index contributed by atoms with van der Waals surface area (Å²) in [5.41, 5.74) is -0.935. The van der Waals surface area contributed by atoms with E-state index in [0.717, 1.165) is 31.9 Å². The number of nitriles is 2. The molecule has 0 saturated heterocycles. The molecule has 33 heavy (non-hydrogen) atoms. The van der Waals surface area contributed by atoms with E-state index in [2.05, 4.69) is 0 Å². The summed E-state index contributed by atoms with van der Waals surface area (Å²) in [4.78, 5) is 25.7. The van der Waals surface area contributed by atoms with E-state index in [9.17, 15) is 29.6 Å². The van der Waals surface area contributed by atoms with Crippen LogP contribution in [-0.4, -0.2) is 31.3 Å². The molecule has 1 aliphatic rings. The molecule has 7 nitrogen and oxygen atoms in total. The van der Waals surface area contributed by atoms with Gasteiger partial charge >= 0.3 is 11.9 Å². The number of ether oxygens (including phenoxy) is 2. The minimum atomic E-state index is -2.05. The molecule has 0 saturated carbocycles. The fourth-order valence-electron chi connectivity index (χ4n) is 4.46. The molecule has 8 heteroatoms. The number of aliphatic hydroxyl groups excluding tert-OH is 1. The van der Waals surface area contributed by atoms with Gasteiger partial charge < -0.3 is 14.6 Å². The molecule has 168 valence electrons. The first kappa shape index (κ1) is 23.5. The van der Waals surface area contributed by atoms with E-state index in [1.165, 1.54) is 12.1 Å². The summed E-state index contributed by atoms with van der Waals surface area (Å²) < 4.78 is 23.4. The molecular formula is C25H21FN2O5. The molecule has 3 unspecified atom stereocenters. The summed E-state index contributed by atoms with van der Waals surface area (Å²) in [7, 11) is 2.18. The molecule has 0 aliphatic heterocycles. The Morgan fingerprint density at radius 3 is 2.00 bits per heavy atom. The van der Waals surface area contributed by atoms with E-state index in [0.29, 0.717) is 5.56 Å². The predicted octanol–water partition coefficient (Wildman–Crippen LogP) is 3.82. The van der Waals surface area contributed by atoms with Gasteiger partial charge in [0, 0.05) is 5.92 Å². The zero-order chi connectivity index (χ0) is 24.3. The Balaban J connectivity index is 2.47. The summed E-state index contributed by atoms with van der Waals surface area (Å²) in [5.74, 6) is -7.24. The highest BCUT2D eigenvalue weighted by Crippen LogP contribution is 2.58. The maximum atomic E-state index is 13.7. The molecule has 0 fully saturated rings. The van der Waals surface area contributed by atoms with Crippen LogP contribution in [0.5, 0.6) is 0 Å². The molecule has 2 aromatic carbocycles. The van der Waals surface area contributed by atoms with Gasteiger partial charge in [0.1, 0.15) is 17.5 Å². The summed E-state index contributed by atoms with van der Waals surface area (Å²) >= 11 is 0. The highest BCUT2D eigenvalue weighted by molar-refractivity contribution is 5.94. The molecule has 0 heterocycles. The van der Waals surface area contributed by atoms with Crippen LogP contribution in [0.25, 0.3) is 0 Å². The number of benzene rings is 2. The molecule has 0 radical (unpaired) electrons. The van der Waals surface area contributed by atoms with Gasteiger partial charge in [-0.25, -0.2) is 9.18 Å². The average Bonchev–Trinajstić information content (AvgIpc) is 2.83. The van der Waals surface area contributed by atoms with Gasteiger partial charge in [0.2, 0.25) is 0 Å². The third kappa shape index (κ3) is 3.81. The zero-order valence-electron chi connectivity index (χ0n) is 18.2. The van der Waals surface area contributed by atoms with E-state index < -0.39 is 52.3 Å². The molecule has 1 aliphatic carbocycles. The van der Waals surface area contributed by atoms with Crippen molar-refractivity contribution in [2.24, 2.45) is 11.3 Å². The lowest BCUT2D eigenvalue weighted by atomic mass is 9.54. The summed E-state index contributed by atoms with van der Waals surface area (Å²) in [6, 6.07) is 15.7. The topological polar surface area (TPSA) is 120 Å². The van der Waals surface area contributed by atoms with Crippen molar-refractivity contribution in [3.05, 3.63) is 82.4 Å². The van der Waals surface area contributed by atoms with Crippen molar-refractivity contribution in [1.29, 1.82) is 10.5 Å². The van der Waals surface area contributed by atoms with Crippen molar-refractivity contribution in [3.63, 3.8) is 0 Å². The summed E-state index contributed by atoms with van der Waals surface area (Å²) in [6.07, 6.45) is 0. The number of rotatable bonds is 4. The SMILES string of the molecule is COC(=O)C1=C(O)C(C(=O)OC)C(c2ccc(C)cc2)C(C#N)(C#N)C1c1ccc(F)cc1. The van der Waals surface area contributed by atoms with Crippen molar-refractivity contribution in [2.45, 2.75) is 18.8 Å². The number of halogens is 1. The Morgan fingerprint density at radius 2 is 1.52 bits per heavy atom. The Labute approximate surface area is 190 Å². The summed E-state index contributed by atoms with van der Waals surface area (Å²) in [5, 5.41) is 32.0. The van der Waals surface area contributed by atoms with E-state index in [1.807, 2.05) is 19.1 Å². The van der Waals surface area contributed by atoms with Crippen LogP contribution in [0.3, 0.4) is 0 Å². The zero-order valence-corrected chi connectivity index (χ0v) is 18.2. The van der Waals surface area contributed by atoms with Crippen LogP contribution in [0.1, 0.15) is 28.5 Å². The highest BCUT2D eigenvalue weighted by Gasteiger charge is 2.61. The van der Waals surface area contributed by atoms with Gasteiger partial charge in [-0.05, 0) is 30.2 Å². The number of carbonyl (C=O) groups is 2. The van der Waals surface area contributed by atoms with Crippen LogP contribution in [0.15, 0.2) is 59.9 Å². The van der Waals surface area contributed by atoms with Crippen LogP contribution in [0.2, 0.25) is 0 Å². The number of hydrogen-bond donors (Lipinski definition) is 1. The van der Waals surface area contributed by atoms with Crippen LogP contribution < -0.4 is 0 Å². The van der Waals surface area contributed by atoms with E-state index in [-0.39, 0.29) is 5.56 Å². The van der Waals surface area contributed by atoms with Gasteiger partial charge in [-0.15, -0.1) is 0 Å². The van der Waals surface area contributed by atoms with Crippen molar-refractivity contribution in [2.75, 3.05) is 14.2 Å². The lowest BCUT2D eigenvalue weighted by molar-refractivity contribution is -0.147. The van der Waals surface area contributed by atoms with Crippen LogP contribution in [-0.2, 0) is 19.1 Å². The standard InChI is InChI=1S/C25H21FN2O5/c1-14-4-6-15(7-5-14)20-18(23(30)32-2)22(29)19(24(31)33-3)21(25(20,12-27)13-28)16-8-10-17(26)11-9-16/h4-11,18,20-21,29H,1-3H3. The number of esters is 2. The van der Waals surface area contributed by atoms with Gasteiger partial charge in [-0.3, -0.25) is 4.79 Å². The molecule has 1 N–H and O–H groups in total. The maximum Gasteiger partial charge on any atom is 0.337 e. The lowest BCUT2D eigenvalue weighted by Gasteiger charge is -2.44. The second-order valence-electron chi connectivity index (χ2n) is 7.76. The Hall–Kier alpha value is -4.17. The van der Waals surface area contributed by atoms with E-state index in [1.54, 1.807) is 24.3 Å². The number of aliphatic hydroxyl groups is 1. The van der Waals surface area contributed by atoms with Crippen LogP contribution >= 0.6 is 0 Å². The van der Waals surface area contributed by atoms with Crippen molar-refractivity contribution in [1.82, 2.24) is 0 Å². The molecule has 3 atom stereocenters. The van der Waals surface area contributed by atoms with E-state index >= 15 is 0 Å². The second-order valence-corrected chi connectivity index (χ2v) is 7.76. The molecule has 3 rings (SSSR count). The number of hydrogen-bond acceptors (Lipinski definition) is 7. The van der Waals surface area contributed by atoms with Gasteiger partial charge in [0.25, 0.3) is 0 Å². The average molecular weight is 448 g/mol. The highest BCUT2D eigenvalue weighted by atomic mass is 19.1. The molecule has 0 aromatic heterocycles.